The van der Waals surface area contributed by atoms with Crippen molar-refractivity contribution >= 4 is 23.9 Å². The predicted molar refractivity (Wildman–Crippen MR) is 91.5 cm³/mol. The molecule has 0 spiro atoms. The summed E-state index contributed by atoms with van der Waals surface area (Å²) >= 11 is 0. The number of amides is 3. The first-order chi connectivity index (χ1) is 13.3. The van der Waals surface area contributed by atoms with Gasteiger partial charge < -0.3 is 14.9 Å². The minimum Gasteiger partial charge on any atom is -0.444 e. The molecule has 11 heteroatoms. The van der Waals surface area contributed by atoms with Crippen LogP contribution in [0.15, 0.2) is 24.3 Å². The molecule has 0 aliphatic carbocycles. The molecule has 1 heterocycles. The minimum atomic E-state index is -4.61. The van der Waals surface area contributed by atoms with Gasteiger partial charge in [-0.25, -0.2) is 9.59 Å². The number of hydrogen-bond acceptors (Lipinski definition) is 6. The van der Waals surface area contributed by atoms with E-state index >= 15 is 0 Å². The third kappa shape index (κ3) is 5.93. The Balaban J connectivity index is 2.13. The molecule has 1 N–H and O–H groups in total. The van der Waals surface area contributed by atoms with E-state index in [1.165, 1.54) is 45.0 Å². The zero-order valence-electron chi connectivity index (χ0n) is 15.8. The number of ether oxygens (including phenoxy) is 1. The fourth-order valence-corrected chi connectivity index (χ4v) is 2.41. The molecule has 1 unspecified atom stereocenters. The molecule has 0 bridgehead atoms. The van der Waals surface area contributed by atoms with E-state index in [0.29, 0.717) is 0 Å². The average Bonchev–Trinajstić information content (AvgIpc) is 2.81. The summed E-state index contributed by atoms with van der Waals surface area (Å²) in [7, 11) is 0. The van der Waals surface area contributed by atoms with Gasteiger partial charge in [-0.1, -0.05) is 17.2 Å². The van der Waals surface area contributed by atoms with Gasteiger partial charge in [-0.2, -0.15) is 13.2 Å². The molecule has 1 atom stereocenters. The van der Waals surface area contributed by atoms with Crippen molar-refractivity contribution in [2.24, 2.45) is 0 Å². The Labute approximate surface area is 163 Å². The molecule has 0 saturated carbocycles. The van der Waals surface area contributed by atoms with Crippen molar-refractivity contribution in [3.8, 4) is 0 Å². The molecule has 0 radical (unpaired) electrons. The highest BCUT2D eigenvalue weighted by Gasteiger charge is 2.41. The zero-order valence-corrected chi connectivity index (χ0v) is 15.8. The lowest BCUT2D eigenvalue weighted by atomic mass is 10.1. The number of hydrogen-bond donors (Lipinski definition) is 1. The second-order valence-corrected chi connectivity index (χ2v) is 7.21. The van der Waals surface area contributed by atoms with E-state index in [-0.39, 0.29) is 16.2 Å². The van der Waals surface area contributed by atoms with Crippen molar-refractivity contribution in [1.29, 1.82) is 0 Å². The van der Waals surface area contributed by atoms with Gasteiger partial charge in [0, 0.05) is 6.42 Å². The molecular formula is C18H19F3N2O6. The maximum absolute atomic E-state index is 12.6. The SMILES string of the molecule is CC(C)(C)OC(=O)NC(CCC(F)(F)F)C(=O)ON1C(=O)c2ccccc2C1=O. The standard InChI is InChI=1S/C18H19F3N2O6/c1-17(2,3)28-16(27)22-12(8-9-18(19,20)21)15(26)29-23-13(24)10-6-4-5-7-11(10)14(23)25/h4-7,12H,8-9H2,1-3H3,(H,22,27). The molecule has 0 saturated heterocycles. The second-order valence-electron chi connectivity index (χ2n) is 7.21. The van der Waals surface area contributed by atoms with Crippen molar-refractivity contribution in [1.82, 2.24) is 10.4 Å². The van der Waals surface area contributed by atoms with Crippen LogP contribution in [-0.2, 0) is 14.4 Å². The molecule has 0 fully saturated rings. The third-order valence-corrected chi connectivity index (χ3v) is 3.63. The highest BCUT2D eigenvalue weighted by atomic mass is 19.4. The minimum absolute atomic E-state index is 0.0164. The first-order valence-corrected chi connectivity index (χ1v) is 8.54. The molecule has 1 aliphatic rings. The lowest BCUT2D eigenvalue weighted by Crippen LogP contribution is -2.47. The summed E-state index contributed by atoms with van der Waals surface area (Å²) in [5, 5.41) is 2.14. The number of benzene rings is 1. The van der Waals surface area contributed by atoms with Crippen LogP contribution >= 0.6 is 0 Å². The van der Waals surface area contributed by atoms with Crippen LogP contribution in [0.5, 0.6) is 0 Å². The Morgan fingerprint density at radius 3 is 2.03 bits per heavy atom. The summed E-state index contributed by atoms with van der Waals surface area (Å²) in [4.78, 5) is 53.4. The van der Waals surface area contributed by atoms with Crippen molar-refractivity contribution in [2.75, 3.05) is 0 Å². The van der Waals surface area contributed by atoms with Crippen molar-refractivity contribution in [3.63, 3.8) is 0 Å². The summed E-state index contributed by atoms with van der Waals surface area (Å²) < 4.78 is 42.7. The van der Waals surface area contributed by atoms with Crippen LogP contribution in [0.3, 0.4) is 0 Å². The number of hydroxylamine groups is 2. The molecule has 2 rings (SSSR count). The number of alkyl halides is 3. The van der Waals surface area contributed by atoms with Crippen molar-refractivity contribution < 1.29 is 41.9 Å². The Bertz CT molecular complexity index is 797. The van der Waals surface area contributed by atoms with Gasteiger partial charge in [0.2, 0.25) is 0 Å². The lowest BCUT2D eigenvalue weighted by molar-refractivity contribution is -0.173. The van der Waals surface area contributed by atoms with Gasteiger partial charge in [0.15, 0.2) is 0 Å². The molecule has 1 aliphatic heterocycles. The van der Waals surface area contributed by atoms with Gasteiger partial charge in [-0.3, -0.25) is 9.59 Å². The summed E-state index contributed by atoms with van der Waals surface area (Å²) in [6.45, 7) is 4.57. The molecule has 29 heavy (non-hydrogen) atoms. The van der Waals surface area contributed by atoms with Crippen LogP contribution in [0.4, 0.5) is 18.0 Å². The highest BCUT2D eigenvalue weighted by Crippen LogP contribution is 2.25. The zero-order chi connectivity index (χ0) is 22.0. The normalized spacial score (nSPS) is 15.0. The van der Waals surface area contributed by atoms with Crippen LogP contribution < -0.4 is 5.32 Å². The number of nitrogens with zero attached hydrogens (tertiary/aromatic N) is 1. The maximum Gasteiger partial charge on any atom is 0.408 e. The Morgan fingerprint density at radius 2 is 1.59 bits per heavy atom. The Kier molecular flexibility index (Phi) is 6.19. The molecule has 1 aromatic rings. The smallest absolute Gasteiger partial charge is 0.408 e. The van der Waals surface area contributed by atoms with Gasteiger partial charge in [-0.15, -0.1) is 0 Å². The van der Waals surface area contributed by atoms with E-state index in [9.17, 15) is 32.3 Å². The maximum atomic E-state index is 12.6. The van der Waals surface area contributed by atoms with Crippen LogP contribution in [0, 0.1) is 0 Å². The molecule has 1 aromatic carbocycles. The summed E-state index contributed by atoms with van der Waals surface area (Å²) in [6.07, 6.45) is -8.04. The number of halogens is 3. The topological polar surface area (TPSA) is 102 Å². The number of rotatable bonds is 5. The number of carbonyl (C=O) groups is 4. The van der Waals surface area contributed by atoms with E-state index in [1.54, 1.807) is 0 Å². The Morgan fingerprint density at radius 1 is 1.07 bits per heavy atom. The fourth-order valence-electron chi connectivity index (χ4n) is 2.41. The van der Waals surface area contributed by atoms with Crippen LogP contribution in [-0.4, -0.2) is 46.8 Å². The number of carbonyl (C=O) groups excluding carboxylic acids is 4. The fraction of sp³-hybridized carbons (Fsp3) is 0.444. The van der Waals surface area contributed by atoms with Gasteiger partial charge >= 0.3 is 18.2 Å². The van der Waals surface area contributed by atoms with Gasteiger partial charge in [0.25, 0.3) is 11.8 Å². The average molecular weight is 416 g/mol. The summed E-state index contributed by atoms with van der Waals surface area (Å²) in [5.41, 5.74) is -1.00. The lowest BCUT2D eigenvalue weighted by Gasteiger charge is -2.24. The van der Waals surface area contributed by atoms with E-state index < -0.39 is 54.5 Å². The van der Waals surface area contributed by atoms with E-state index in [1.807, 2.05) is 5.32 Å². The highest BCUT2D eigenvalue weighted by molar-refractivity contribution is 6.20. The molecule has 0 aromatic heterocycles. The molecule has 3 amide bonds. The number of nitrogens with one attached hydrogen (secondary N) is 1. The van der Waals surface area contributed by atoms with Gasteiger partial charge in [0.1, 0.15) is 11.6 Å². The first kappa shape index (κ1) is 22.2. The molecular weight excluding hydrogens is 397 g/mol. The third-order valence-electron chi connectivity index (χ3n) is 3.63. The summed E-state index contributed by atoms with van der Waals surface area (Å²) in [5.74, 6) is -3.29. The van der Waals surface area contributed by atoms with E-state index in [0.717, 1.165) is 0 Å². The van der Waals surface area contributed by atoms with Gasteiger partial charge in [-0.05, 0) is 39.3 Å². The van der Waals surface area contributed by atoms with Crippen molar-refractivity contribution in [2.45, 2.75) is 51.4 Å². The van der Waals surface area contributed by atoms with Gasteiger partial charge in [0.05, 0.1) is 11.1 Å². The molecule has 158 valence electrons. The number of alkyl carbamates (subject to hydrolysis) is 1. The molecule has 8 nitrogen and oxygen atoms in total. The predicted octanol–water partition coefficient (Wildman–Crippen LogP) is 2.98. The largest absolute Gasteiger partial charge is 0.444 e. The monoisotopic (exact) mass is 416 g/mol. The number of fused-ring (bicyclic) bond motifs is 1. The van der Waals surface area contributed by atoms with Crippen LogP contribution in [0.25, 0.3) is 0 Å². The first-order valence-electron chi connectivity index (χ1n) is 8.54. The quantitative estimate of drug-likeness (QED) is 0.741. The summed E-state index contributed by atoms with van der Waals surface area (Å²) in [6, 6.07) is 3.86. The second kappa shape index (κ2) is 8.10. The number of imide groups is 1. The van der Waals surface area contributed by atoms with Crippen LogP contribution in [0.2, 0.25) is 0 Å². The van der Waals surface area contributed by atoms with E-state index in [4.69, 9.17) is 9.57 Å². The van der Waals surface area contributed by atoms with Crippen molar-refractivity contribution in [3.05, 3.63) is 35.4 Å². The van der Waals surface area contributed by atoms with Crippen LogP contribution in [0.1, 0.15) is 54.3 Å². The Hall–Kier alpha value is -3.11. The van der Waals surface area contributed by atoms with E-state index in [2.05, 4.69) is 0 Å².